The number of likely N-dealkylation sites (N-methyl/N-ethyl adjacent to an activating group) is 1. The van der Waals surface area contributed by atoms with E-state index in [0.29, 0.717) is 0 Å². The normalized spacial score (nSPS) is 17.8. The highest BCUT2D eigenvalue weighted by atomic mass is 16.5. The van der Waals surface area contributed by atoms with Crippen LogP contribution >= 0.6 is 0 Å². The summed E-state index contributed by atoms with van der Waals surface area (Å²) in [6.07, 6.45) is 8.23. The van der Waals surface area contributed by atoms with Crippen molar-refractivity contribution in [2.75, 3.05) is 26.8 Å². The molecule has 1 saturated carbocycles. The minimum atomic E-state index is -0.349. The van der Waals surface area contributed by atoms with Crippen LogP contribution in [0.15, 0.2) is 12.4 Å². The van der Waals surface area contributed by atoms with Crippen LogP contribution in [0.25, 0.3) is 0 Å². The van der Waals surface area contributed by atoms with Crippen molar-refractivity contribution in [1.29, 1.82) is 0 Å². The predicted molar refractivity (Wildman–Crippen MR) is 85.4 cm³/mol. The van der Waals surface area contributed by atoms with Crippen LogP contribution in [0.4, 0.5) is 0 Å². The molecule has 6 nitrogen and oxygen atoms in total. The summed E-state index contributed by atoms with van der Waals surface area (Å²) >= 11 is 0. The quantitative estimate of drug-likeness (QED) is 0.677. The van der Waals surface area contributed by atoms with Crippen molar-refractivity contribution in [3.8, 4) is 0 Å². The molecule has 1 fully saturated rings. The van der Waals surface area contributed by atoms with Crippen molar-refractivity contribution in [2.24, 2.45) is 12.5 Å². The average Bonchev–Trinajstić information content (AvgIpc) is 2.88. The summed E-state index contributed by atoms with van der Waals surface area (Å²) in [5.41, 5.74) is 1.12. The molecule has 6 heteroatoms. The highest BCUT2D eigenvalue weighted by Crippen LogP contribution is 2.43. The number of nitrogens with one attached hydrogen (secondary N) is 2. The second kappa shape index (κ2) is 7.74. The second-order valence-electron chi connectivity index (χ2n) is 6.19. The highest BCUT2D eigenvalue weighted by molar-refractivity contribution is 5.83. The summed E-state index contributed by atoms with van der Waals surface area (Å²) in [6, 6.07) is -0.349. The lowest BCUT2D eigenvalue weighted by molar-refractivity contribution is -0.124. The van der Waals surface area contributed by atoms with Crippen LogP contribution in [-0.4, -0.2) is 42.5 Å². The molecule has 0 bridgehead atoms. The van der Waals surface area contributed by atoms with E-state index < -0.39 is 0 Å². The number of hydrogen-bond acceptors (Lipinski definition) is 4. The van der Waals surface area contributed by atoms with Crippen LogP contribution < -0.4 is 10.6 Å². The molecule has 0 saturated heterocycles. The molecule has 2 rings (SSSR count). The number of aromatic nitrogens is 2. The SMILES string of the molecule is CCOCCC1(CNC(=O)C(NC)c2cnn(C)c2)CCC1. The molecule has 1 aliphatic carbocycles. The lowest BCUT2D eigenvalue weighted by atomic mass is 9.66. The van der Waals surface area contributed by atoms with Crippen LogP contribution in [0, 0.1) is 5.41 Å². The zero-order chi connectivity index (χ0) is 16.0. The van der Waals surface area contributed by atoms with Crippen LogP contribution in [0.5, 0.6) is 0 Å². The van der Waals surface area contributed by atoms with Gasteiger partial charge in [0.1, 0.15) is 6.04 Å². The first-order chi connectivity index (χ1) is 10.6. The number of amides is 1. The summed E-state index contributed by atoms with van der Waals surface area (Å²) in [5.74, 6) is 0.0122. The Kier molecular flexibility index (Phi) is 5.97. The number of rotatable bonds is 9. The van der Waals surface area contributed by atoms with Gasteiger partial charge in [-0.1, -0.05) is 6.42 Å². The van der Waals surface area contributed by atoms with Gasteiger partial charge >= 0.3 is 0 Å². The van der Waals surface area contributed by atoms with E-state index in [4.69, 9.17) is 4.74 Å². The largest absolute Gasteiger partial charge is 0.382 e. The topological polar surface area (TPSA) is 68.2 Å². The van der Waals surface area contributed by atoms with Gasteiger partial charge in [0.2, 0.25) is 5.91 Å². The van der Waals surface area contributed by atoms with E-state index in [1.807, 2.05) is 20.2 Å². The number of hydrogen-bond donors (Lipinski definition) is 2. The molecule has 0 aromatic carbocycles. The van der Waals surface area contributed by atoms with Gasteiger partial charge in [-0.3, -0.25) is 9.48 Å². The highest BCUT2D eigenvalue weighted by Gasteiger charge is 2.37. The molecule has 0 radical (unpaired) electrons. The molecular formula is C16H28N4O2. The van der Waals surface area contributed by atoms with Crippen LogP contribution in [0.3, 0.4) is 0 Å². The molecule has 1 aromatic rings. The van der Waals surface area contributed by atoms with Crippen molar-refractivity contribution in [2.45, 2.75) is 38.6 Å². The standard InChI is InChI=1S/C16H28N4O2/c1-4-22-9-8-16(6-5-7-16)12-18-15(21)14(17-2)13-10-19-20(3)11-13/h10-11,14,17H,4-9,12H2,1-3H3,(H,18,21). The number of aryl methyl sites for hydroxylation is 1. The Morgan fingerprint density at radius 2 is 2.32 bits per heavy atom. The van der Waals surface area contributed by atoms with Crippen LogP contribution in [0.1, 0.15) is 44.2 Å². The van der Waals surface area contributed by atoms with E-state index in [1.54, 1.807) is 17.9 Å². The third-order valence-corrected chi connectivity index (χ3v) is 4.64. The van der Waals surface area contributed by atoms with Gasteiger partial charge in [0.15, 0.2) is 0 Å². The van der Waals surface area contributed by atoms with Crippen LogP contribution in [0.2, 0.25) is 0 Å². The van der Waals surface area contributed by atoms with Gasteiger partial charge in [-0.2, -0.15) is 5.10 Å². The maximum Gasteiger partial charge on any atom is 0.241 e. The summed E-state index contributed by atoms with van der Waals surface area (Å²) < 4.78 is 7.19. The van der Waals surface area contributed by atoms with Crippen molar-refractivity contribution in [3.05, 3.63) is 18.0 Å². The minimum absolute atomic E-state index is 0.0122. The molecular weight excluding hydrogens is 280 g/mol. The maximum absolute atomic E-state index is 12.5. The lowest BCUT2D eigenvalue weighted by Gasteiger charge is -2.42. The summed E-state index contributed by atoms with van der Waals surface area (Å²) in [5, 5.41) is 10.3. The van der Waals surface area contributed by atoms with Gasteiger partial charge < -0.3 is 15.4 Å². The second-order valence-corrected chi connectivity index (χ2v) is 6.19. The van der Waals surface area contributed by atoms with E-state index in [0.717, 1.165) is 31.7 Å². The fourth-order valence-corrected chi connectivity index (χ4v) is 3.04. The minimum Gasteiger partial charge on any atom is -0.382 e. The van der Waals surface area contributed by atoms with Crippen molar-refractivity contribution in [1.82, 2.24) is 20.4 Å². The van der Waals surface area contributed by atoms with Gasteiger partial charge in [-0.15, -0.1) is 0 Å². The molecule has 0 spiro atoms. The lowest BCUT2D eigenvalue weighted by Crippen LogP contribution is -2.45. The van der Waals surface area contributed by atoms with Crippen molar-refractivity contribution in [3.63, 3.8) is 0 Å². The third kappa shape index (κ3) is 4.08. The Balaban J connectivity index is 1.87. The summed E-state index contributed by atoms with van der Waals surface area (Å²) in [7, 11) is 3.65. The number of carbonyl (C=O) groups excluding carboxylic acids is 1. The number of carbonyl (C=O) groups is 1. The van der Waals surface area contributed by atoms with E-state index in [1.165, 1.54) is 19.3 Å². The molecule has 1 amide bonds. The third-order valence-electron chi connectivity index (χ3n) is 4.64. The number of nitrogens with zero attached hydrogens (tertiary/aromatic N) is 2. The molecule has 1 atom stereocenters. The fraction of sp³-hybridized carbons (Fsp3) is 0.750. The Bertz CT molecular complexity index is 482. The molecule has 124 valence electrons. The first kappa shape index (κ1) is 17.0. The fourth-order valence-electron chi connectivity index (χ4n) is 3.04. The van der Waals surface area contributed by atoms with Gasteiger partial charge in [0.05, 0.1) is 6.20 Å². The molecule has 22 heavy (non-hydrogen) atoms. The predicted octanol–water partition coefficient (Wildman–Crippen LogP) is 1.39. The molecule has 1 aliphatic rings. The van der Waals surface area contributed by atoms with E-state index in [2.05, 4.69) is 15.7 Å². The molecule has 0 aliphatic heterocycles. The molecule has 1 heterocycles. The monoisotopic (exact) mass is 308 g/mol. The van der Waals surface area contributed by atoms with Gasteiger partial charge in [-0.05, 0) is 38.6 Å². The van der Waals surface area contributed by atoms with E-state index in [9.17, 15) is 4.79 Å². The van der Waals surface area contributed by atoms with Gasteiger partial charge in [0.25, 0.3) is 0 Å². The Labute approximate surface area is 132 Å². The van der Waals surface area contributed by atoms with Gasteiger partial charge in [0, 0.05) is 38.6 Å². The Morgan fingerprint density at radius 3 is 2.82 bits per heavy atom. The smallest absolute Gasteiger partial charge is 0.241 e. The first-order valence-corrected chi connectivity index (χ1v) is 8.11. The average molecular weight is 308 g/mol. The van der Waals surface area contributed by atoms with E-state index in [-0.39, 0.29) is 17.4 Å². The zero-order valence-electron chi connectivity index (χ0n) is 13.9. The zero-order valence-corrected chi connectivity index (χ0v) is 13.9. The Morgan fingerprint density at radius 1 is 1.55 bits per heavy atom. The molecule has 1 unspecified atom stereocenters. The maximum atomic E-state index is 12.5. The Hall–Kier alpha value is -1.40. The van der Waals surface area contributed by atoms with Gasteiger partial charge in [-0.25, -0.2) is 0 Å². The van der Waals surface area contributed by atoms with Crippen molar-refractivity contribution >= 4 is 5.91 Å². The molecule has 2 N–H and O–H groups in total. The summed E-state index contributed by atoms with van der Waals surface area (Å²) in [4.78, 5) is 12.5. The molecule has 1 aromatic heterocycles. The van der Waals surface area contributed by atoms with Crippen LogP contribution in [-0.2, 0) is 16.6 Å². The van der Waals surface area contributed by atoms with Crippen molar-refractivity contribution < 1.29 is 9.53 Å². The van der Waals surface area contributed by atoms with E-state index >= 15 is 0 Å². The number of ether oxygens (including phenoxy) is 1. The summed E-state index contributed by atoms with van der Waals surface area (Å²) in [6.45, 7) is 4.29. The first-order valence-electron chi connectivity index (χ1n) is 8.11.